The minimum absolute atomic E-state index is 0.00882. The Morgan fingerprint density at radius 2 is 1.43 bits per heavy atom. The number of carbonyl (C=O) groups is 3. The zero-order chi connectivity index (χ0) is 35.8. The SMILES string of the molecule is COc1ccccc1C(=O)NS(=O)(=O)c1ccc(C(=O)NC2CC2)cc1.COc1nc(C)nc(NC(=O)NS(=O)(=O)c2ccccc2Cl)n1. The summed E-state index contributed by atoms with van der Waals surface area (Å²) in [5.74, 6) is -0.623. The van der Waals surface area contributed by atoms with Crippen LogP contribution in [0.4, 0.5) is 10.7 Å². The molecule has 1 aliphatic carbocycles. The molecule has 0 atom stereocenters. The maximum Gasteiger partial charge on any atom is 0.335 e. The van der Waals surface area contributed by atoms with Gasteiger partial charge < -0.3 is 14.8 Å². The van der Waals surface area contributed by atoms with Crippen LogP contribution in [0.25, 0.3) is 0 Å². The fourth-order valence-corrected chi connectivity index (χ4v) is 6.32. The first-order valence-electron chi connectivity index (χ1n) is 14.2. The number of benzene rings is 3. The number of aromatic nitrogens is 3. The van der Waals surface area contributed by atoms with E-state index in [9.17, 15) is 31.2 Å². The van der Waals surface area contributed by atoms with Crippen molar-refractivity contribution in [1.29, 1.82) is 0 Å². The molecule has 0 unspecified atom stereocenters. The van der Waals surface area contributed by atoms with Crippen molar-refractivity contribution in [3.63, 3.8) is 0 Å². The minimum atomic E-state index is -4.13. The average molecular weight is 732 g/mol. The molecule has 4 amide bonds. The number of sulfonamides is 2. The summed E-state index contributed by atoms with van der Waals surface area (Å²) < 4.78 is 62.8. The van der Waals surface area contributed by atoms with E-state index in [0.29, 0.717) is 11.4 Å². The summed E-state index contributed by atoms with van der Waals surface area (Å²) in [4.78, 5) is 47.2. The van der Waals surface area contributed by atoms with E-state index in [1.807, 2.05) is 9.44 Å². The van der Waals surface area contributed by atoms with E-state index in [1.165, 1.54) is 62.8 Å². The van der Waals surface area contributed by atoms with Gasteiger partial charge in [-0.25, -0.2) is 31.1 Å². The van der Waals surface area contributed by atoms with E-state index < -0.39 is 32.0 Å². The molecule has 4 N–H and O–H groups in total. The summed E-state index contributed by atoms with van der Waals surface area (Å²) in [6.07, 6.45) is 1.93. The van der Waals surface area contributed by atoms with Crippen LogP contribution in [0.2, 0.25) is 5.02 Å². The maximum atomic E-state index is 12.4. The van der Waals surface area contributed by atoms with E-state index >= 15 is 0 Å². The molecular weight excluding hydrogens is 702 g/mol. The number of hydrogen-bond acceptors (Lipinski definition) is 12. The Balaban J connectivity index is 0.000000223. The first kappa shape index (κ1) is 36.5. The second kappa shape index (κ2) is 15.7. The molecule has 1 fully saturated rings. The topological polar surface area (TPSA) is 225 Å². The van der Waals surface area contributed by atoms with Gasteiger partial charge in [-0.05, 0) is 68.3 Å². The van der Waals surface area contributed by atoms with Gasteiger partial charge in [0.1, 0.15) is 16.5 Å². The number of urea groups is 1. The van der Waals surface area contributed by atoms with Crippen molar-refractivity contribution >= 4 is 55.4 Å². The number of aryl methyl sites for hydroxylation is 1. The highest BCUT2D eigenvalue weighted by molar-refractivity contribution is 7.90. The third-order valence-corrected chi connectivity index (χ3v) is 9.58. The van der Waals surface area contributed by atoms with Gasteiger partial charge in [0.2, 0.25) is 5.95 Å². The zero-order valence-electron chi connectivity index (χ0n) is 26.1. The summed E-state index contributed by atoms with van der Waals surface area (Å²) in [6.45, 7) is 1.56. The van der Waals surface area contributed by atoms with Crippen LogP contribution in [-0.2, 0) is 20.0 Å². The summed E-state index contributed by atoms with van der Waals surface area (Å²) in [5, 5.41) is 5.00. The predicted octanol–water partition coefficient (Wildman–Crippen LogP) is 3.06. The van der Waals surface area contributed by atoms with Gasteiger partial charge in [-0.2, -0.15) is 15.0 Å². The molecule has 19 heteroatoms. The van der Waals surface area contributed by atoms with Crippen molar-refractivity contribution < 1.29 is 40.7 Å². The molecule has 1 aliphatic rings. The molecule has 1 saturated carbocycles. The van der Waals surface area contributed by atoms with Crippen LogP contribution in [-0.4, -0.2) is 69.9 Å². The van der Waals surface area contributed by atoms with Crippen molar-refractivity contribution in [2.45, 2.75) is 35.6 Å². The second-order valence-electron chi connectivity index (χ2n) is 10.1. The lowest BCUT2D eigenvalue weighted by molar-refractivity contribution is 0.0948. The molecule has 0 aliphatic heterocycles. The Hall–Kier alpha value is -5.33. The number of hydrogen-bond donors (Lipinski definition) is 4. The molecule has 0 saturated heterocycles. The summed E-state index contributed by atoms with van der Waals surface area (Å²) >= 11 is 5.81. The summed E-state index contributed by atoms with van der Waals surface area (Å²) in [6, 6.07) is 16.6. The molecule has 1 heterocycles. The molecule has 3 aromatic carbocycles. The molecule has 5 rings (SSSR count). The highest BCUT2D eigenvalue weighted by Gasteiger charge is 2.25. The zero-order valence-corrected chi connectivity index (χ0v) is 28.5. The molecule has 0 radical (unpaired) electrons. The van der Waals surface area contributed by atoms with Crippen molar-refractivity contribution in [2.75, 3.05) is 19.5 Å². The lowest BCUT2D eigenvalue weighted by Crippen LogP contribution is -2.35. The average Bonchev–Trinajstić information content (AvgIpc) is 3.88. The Morgan fingerprint density at radius 1 is 0.776 bits per heavy atom. The first-order chi connectivity index (χ1) is 23.2. The number of anilines is 1. The van der Waals surface area contributed by atoms with Gasteiger partial charge in [0.25, 0.3) is 31.9 Å². The molecule has 1 aromatic heterocycles. The van der Waals surface area contributed by atoms with E-state index in [0.717, 1.165) is 12.8 Å². The standard InChI is InChI=1S/C18H18N2O5S.C12H12ClN5O4S/c1-25-16-5-3-2-4-15(16)18(22)20-26(23,24)14-10-6-12(7-11-14)17(21)19-13-8-9-13;1-7-14-10(17-12(15-7)22-2)16-11(19)18-23(20,21)9-6-4-3-5-8(9)13/h2-7,10-11,13H,8-9H2,1H3,(H,19,21)(H,20,22);3-6H,1-2H3,(H2,14,15,16,17,18,19). The molecule has 0 bridgehead atoms. The Bertz CT molecular complexity index is 2080. The largest absolute Gasteiger partial charge is 0.496 e. The Labute approximate surface area is 286 Å². The van der Waals surface area contributed by atoms with Gasteiger partial charge >= 0.3 is 12.0 Å². The van der Waals surface area contributed by atoms with Crippen LogP contribution in [0, 0.1) is 6.92 Å². The lowest BCUT2D eigenvalue weighted by Gasteiger charge is -2.10. The monoisotopic (exact) mass is 731 g/mol. The quantitative estimate of drug-likeness (QED) is 0.185. The fraction of sp³-hybridized carbons (Fsp3) is 0.200. The molecule has 49 heavy (non-hydrogen) atoms. The number of methoxy groups -OCH3 is 2. The first-order valence-corrected chi connectivity index (χ1v) is 17.5. The highest BCUT2D eigenvalue weighted by atomic mass is 35.5. The van der Waals surface area contributed by atoms with Gasteiger partial charge in [0.15, 0.2) is 0 Å². The maximum absolute atomic E-state index is 12.4. The second-order valence-corrected chi connectivity index (χ2v) is 13.8. The Kier molecular flexibility index (Phi) is 11.7. The number of amides is 4. The number of carbonyl (C=O) groups excluding carboxylic acids is 3. The Morgan fingerprint density at radius 3 is 2.06 bits per heavy atom. The van der Waals surface area contributed by atoms with Gasteiger partial charge in [-0.3, -0.25) is 14.9 Å². The van der Waals surface area contributed by atoms with Crippen LogP contribution in [0.15, 0.2) is 82.6 Å². The summed E-state index contributed by atoms with van der Waals surface area (Å²) in [5.41, 5.74) is 0.478. The third-order valence-electron chi connectivity index (χ3n) is 6.41. The molecule has 258 valence electrons. The van der Waals surface area contributed by atoms with Gasteiger partial charge in [0, 0.05) is 11.6 Å². The van der Waals surface area contributed by atoms with Crippen molar-refractivity contribution in [1.82, 2.24) is 29.7 Å². The number of halogens is 1. The van der Waals surface area contributed by atoms with Crippen molar-refractivity contribution in [3.05, 3.63) is 94.8 Å². The van der Waals surface area contributed by atoms with Crippen LogP contribution in [0.1, 0.15) is 39.4 Å². The van der Waals surface area contributed by atoms with Crippen molar-refractivity contribution in [2.24, 2.45) is 0 Å². The molecule has 0 spiro atoms. The number of ether oxygens (including phenoxy) is 2. The van der Waals surface area contributed by atoms with E-state index in [4.69, 9.17) is 21.1 Å². The van der Waals surface area contributed by atoms with Gasteiger partial charge in [0.05, 0.1) is 29.7 Å². The summed E-state index contributed by atoms with van der Waals surface area (Å²) in [7, 11) is -5.46. The normalized spacial score (nSPS) is 12.4. The molecule has 4 aromatic rings. The van der Waals surface area contributed by atoms with Crippen molar-refractivity contribution in [3.8, 4) is 11.8 Å². The number of nitrogens with one attached hydrogen (secondary N) is 4. The van der Waals surface area contributed by atoms with Crippen LogP contribution in [0.5, 0.6) is 11.8 Å². The number of nitrogens with zero attached hydrogens (tertiary/aromatic N) is 3. The smallest absolute Gasteiger partial charge is 0.335 e. The molecule has 16 nitrogen and oxygen atoms in total. The van der Waals surface area contributed by atoms with Crippen LogP contribution in [0.3, 0.4) is 0 Å². The molecular formula is C30H30ClN7O9S2. The van der Waals surface area contributed by atoms with Gasteiger partial charge in [-0.15, -0.1) is 0 Å². The fourth-order valence-electron chi connectivity index (χ4n) is 3.92. The minimum Gasteiger partial charge on any atom is -0.496 e. The highest BCUT2D eigenvalue weighted by Crippen LogP contribution is 2.22. The van der Waals surface area contributed by atoms with E-state index in [1.54, 1.807) is 31.2 Å². The lowest BCUT2D eigenvalue weighted by atomic mass is 10.2. The van der Waals surface area contributed by atoms with Gasteiger partial charge in [-0.1, -0.05) is 35.9 Å². The third kappa shape index (κ3) is 10.1. The predicted molar refractivity (Wildman–Crippen MR) is 176 cm³/mol. The number of para-hydroxylation sites is 1. The van der Waals surface area contributed by atoms with E-state index in [2.05, 4.69) is 25.6 Å². The van der Waals surface area contributed by atoms with Crippen LogP contribution < -0.4 is 29.6 Å². The number of rotatable bonds is 10. The van der Waals surface area contributed by atoms with Crippen LogP contribution >= 0.6 is 11.6 Å². The van der Waals surface area contributed by atoms with E-state index in [-0.39, 0.29) is 50.0 Å².